The molecule has 1 N–H and O–H groups in total. The number of piperazine rings is 1. The van der Waals surface area contributed by atoms with Crippen LogP contribution in [0.4, 0.5) is 0 Å². The highest BCUT2D eigenvalue weighted by Gasteiger charge is 2.27. The smallest absolute Gasteiger partial charge is 0.222 e. The van der Waals surface area contributed by atoms with E-state index >= 15 is 0 Å². The van der Waals surface area contributed by atoms with Gasteiger partial charge in [0, 0.05) is 52.1 Å². The fraction of sp³-hybridized carbons (Fsp3) is 0.900. The van der Waals surface area contributed by atoms with Crippen LogP contribution in [0.5, 0.6) is 0 Å². The molecule has 2 amide bonds. The van der Waals surface area contributed by atoms with E-state index in [9.17, 15) is 9.59 Å². The van der Waals surface area contributed by atoms with Crippen LogP contribution in [0.15, 0.2) is 0 Å². The number of rotatable bonds is 6. The van der Waals surface area contributed by atoms with E-state index in [1.54, 1.807) is 0 Å². The van der Waals surface area contributed by atoms with E-state index in [1.165, 1.54) is 6.42 Å². The first-order valence-electron chi connectivity index (χ1n) is 10.6. The van der Waals surface area contributed by atoms with Crippen LogP contribution >= 0.6 is 24.8 Å². The molecule has 0 radical (unpaired) electrons. The molecule has 0 aliphatic carbocycles. The fourth-order valence-electron chi connectivity index (χ4n) is 4.52. The second-order valence-corrected chi connectivity index (χ2v) is 8.24. The highest BCUT2D eigenvalue weighted by atomic mass is 35.5. The number of likely N-dealkylation sites (N-methyl/N-ethyl adjacent to an activating group) is 1. The van der Waals surface area contributed by atoms with Crippen LogP contribution in [-0.2, 0) is 9.59 Å². The average molecular weight is 437 g/mol. The highest BCUT2D eigenvalue weighted by molar-refractivity contribution is 5.85. The third-order valence-electron chi connectivity index (χ3n) is 6.53. The zero-order valence-corrected chi connectivity index (χ0v) is 18.9. The number of hydrogen-bond donors (Lipinski definition) is 1. The van der Waals surface area contributed by atoms with Crippen molar-refractivity contribution in [1.29, 1.82) is 0 Å². The van der Waals surface area contributed by atoms with Crippen LogP contribution in [0.3, 0.4) is 0 Å². The lowest BCUT2D eigenvalue weighted by Crippen LogP contribution is -2.49. The van der Waals surface area contributed by atoms with E-state index in [2.05, 4.69) is 17.1 Å². The Morgan fingerprint density at radius 2 is 1.50 bits per heavy atom. The van der Waals surface area contributed by atoms with Gasteiger partial charge in [0.1, 0.15) is 0 Å². The monoisotopic (exact) mass is 436 g/mol. The van der Waals surface area contributed by atoms with Gasteiger partial charge in [-0.2, -0.15) is 0 Å². The molecule has 0 aromatic carbocycles. The minimum Gasteiger partial charge on any atom is -0.343 e. The zero-order chi connectivity index (χ0) is 18.4. The first kappa shape index (κ1) is 25.5. The summed E-state index contributed by atoms with van der Waals surface area (Å²) < 4.78 is 0. The van der Waals surface area contributed by atoms with Crippen LogP contribution in [0.1, 0.15) is 45.4 Å². The van der Waals surface area contributed by atoms with Crippen LogP contribution in [0, 0.1) is 11.8 Å². The molecule has 3 saturated heterocycles. The summed E-state index contributed by atoms with van der Waals surface area (Å²) in [6.07, 6.45) is 5.56. The van der Waals surface area contributed by atoms with E-state index in [1.807, 2.05) is 9.80 Å². The van der Waals surface area contributed by atoms with Gasteiger partial charge in [0.05, 0.1) is 0 Å². The molecule has 0 bridgehead atoms. The molecule has 0 spiro atoms. The number of halogens is 2. The molecule has 1 unspecified atom stereocenters. The van der Waals surface area contributed by atoms with Gasteiger partial charge in [0.15, 0.2) is 0 Å². The van der Waals surface area contributed by atoms with Crippen molar-refractivity contribution in [3.8, 4) is 0 Å². The molecule has 3 aliphatic rings. The van der Waals surface area contributed by atoms with Gasteiger partial charge in [-0.15, -0.1) is 24.8 Å². The van der Waals surface area contributed by atoms with E-state index in [0.717, 1.165) is 78.2 Å². The molecule has 6 nitrogen and oxygen atoms in total. The largest absolute Gasteiger partial charge is 0.343 e. The maximum absolute atomic E-state index is 12.5. The van der Waals surface area contributed by atoms with Crippen molar-refractivity contribution in [3.05, 3.63) is 0 Å². The van der Waals surface area contributed by atoms with Crippen LogP contribution in [-0.4, -0.2) is 85.4 Å². The normalized spacial score (nSPS) is 23.8. The van der Waals surface area contributed by atoms with Crippen LogP contribution in [0.2, 0.25) is 0 Å². The van der Waals surface area contributed by atoms with Gasteiger partial charge in [-0.05, 0) is 57.2 Å². The van der Waals surface area contributed by atoms with Gasteiger partial charge in [0.25, 0.3) is 0 Å². The Kier molecular flexibility index (Phi) is 11.7. The number of amides is 2. The number of carbonyl (C=O) groups is 2. The summed E-state index contributed by atoms with van der Waals surface area (Å²) in [5.74, 6) is 1.77. The Bertz CT molecular complexity index is 473. The Labute approximate surface area is 182 Å². The minimum absolute atomic E-state index is 0. The zero-order valence-electron chi connectivity index (χ0n) is 17.2. The van der Waals surface area contributed by atoms with Crippen molar-refractivity contribution < 1.29 is 9.59 Å². The molecule has 28 heavy (non-hydrogen) atoms. The number of piperidine rings is 1. The average Bonchev–Trinajstić information content (AvgIpc) is 3.20. The highest BCUT2D eigenvalue weighted by Crippen LogP contribution is 2.23. The molecule has 3 heterocycles. The Morgan fingerprint density at radius 1 is 0.857 bits per heavy atom. The standard InChI is InChI=1S/C20H36N4O2.2ClH/c1-2-22-11-13-24(14-12-22)20(26)15-17-6-9-23(10-7-17)19(25)4-3-18-5-8-21-16-18;;/h17-18,21H,2-16H2,1H3;2*1H. The molecule has 0 aromatic heterocycles. The lowest BCUT2D eigenvalue weighted by atomic mass is 9.92. The number of nitrogens with one attached hydrogen (secondary N) is 1. The summed E-state index contributed by atoms with van der Waals surface area (Å²) in [5, 5.41) is 3.37. The van der Waals surface area contributed by atoms with E-state index in [-0.39, 0.29) is 24.8 Å². The van der Waals surface area contributed by atoms with Crippen molar-refractivity contribution in [2.24, 2.45) is 11.8 Å². The topological polar surface area (TPSA) is 55.9 Å². The molecule has 3 aliphatic heterocycles. The van der Waals surface area contributed by atoms with E-state index in [0.29, 0.717) is 36.5 Å². The molecular formula is C20H38Cl2N4O2. The summed E-state index contributed by atoms with van der Waals surface area (Å²) in [4.78, 5) is 31.4. The first-order chi connectivity index (χ1) is 12.7. The molecule has 3 rings (SSSR count). The Morgan fingerprint density at radius 3 is 2.07 bits per heavy atom. The molecule has 0 aromatic rings. The molecular weight excluding hydrogens is 399 g/mol. The maximum atomic E-state index is 12.5. The third-order valence-corrected chi connectivity index (χ3v) is 6.53. The van der Waals surface area contributed by atoms with Gasteiger partial charge in [-0.1, -0.05) is 6.92 Å². The number of nitrogens with zero attached hydrogens (tertiary/aromatic N) is 3. The summed E-state index contributed by atoms with van der Waals surface area (Å²) in [6.45, 7) is 10.9. The van der Waals surface area contributed by atoms with Gasteiger partial charge in [-0.3, -0.25) is 9.59 Å². The van der Waals surface area contributed by atoms with Crippen molar-refractivity contribution in [2.45, 2.75) is 45.4 Å². The molecule has 164 valence electrons. The van der Waals surface area contributed by atoms with Crippen LogP contribution < -0.4 is 5.32 Å². The number of likely N-dealkylation sites (tertiary alicyclic amines) is 1. The molecule has 3 fully saturated rings. The van der Waals surface area contributed by atoms with Crippen molar-refractivity contribution in [3.63, 3.8) is 0 Å². The summed E-state index contributed by atoms with van der Waals surface area (Å²) >= 11 is 0. The third kappa shape index (κ3) is 7.36. The summed E-state index contributed by atoms with van der Waals surface area (Å²) in [7, 11) is 0. The van der Waals surface area contributed by atoms with Crippen molar-refractivity contribution in [2.75, 3.05) is 58.9 Å². The lowest BCUT2D eigenvalue weighted by molar-refractivity contribution is -0.135. The minimum atomic E-state index is 0. The van der Waals surface area contributed by atoms with Gasteiger partial charge in [0.2, 0.25) is 11.8 Å². The number of hydrogen-bond acceptors (Lipinski definition) is 4. The van der Waals surface area contributed by atoms with Gasteiger partial charge >= 0.3 is 0 Å². The first-order valence-corrected chi connectivity index (χ1v) is 10.6. The summed E-state index contributed by atoms with van der Waals surface area (Å²) in [6, 6.07) is 0. The van der Waals surface area contributed by atoms with Gasteiger partial charge in [-0.25, -0.2) is 0 Å². The molecule has 1 atom stereocenters. The second-order valence-electron chi connectivity index (χ2n) is 8.24. The van der Waals surface area contributed by atoms with Crippen LogP contribution in [0.25, 0.3) is 0 Å². The fourth-order valence-corrected chi connectivity index (χ4v) is 4.52. The van der Waals surface area contributed by atoms with Crippen molar-refractivity contribution >= 4 is 36.6 Å². The summed E-state index contributed by atoms with van der Waals surface area (Å²) in [5.41, 5.74) is 0. The van der Waals surface area contributed by atoms with E-state index < -0.39 is 0 Å². The quantitative estimate of drug-likeness (QED) is 0.691. The second kappa shape index (κ2) is 12.9. The Hall–Kier alpha value is -0.560. The Balaban J connectivity index is 0.00000196. The predicted octanol–water partition coefficient (Wildman–Crippen LogP) is 2.01. The maximum Gasteiger partial charge on any atom is 0.222 e. The van der Waals surface area contributed by atoms with Gasteiger partial charge < -0.3 is 20.0 Å². The lowest BCUT2D eigenvalue weighted by Gasteiger charge is -2.36. The van der Waals surface area contributed by atoms with Crippen molar-refractivity contribution in [1.82, 2.24) is 20.0 Å². The van der Waals surface area contributed by atoms with E-state index in [4.69, 9.17) is 0 Å². The molecule has 8 heteroatoms. The SMILES string of the molecule is CCN1CCN(C(=O)CC2CCN(C(=O)CCC3CCNC3)CC2)CC1.Cl.Cl. The predicted molar refractivity (Wildman–Crippen MR) is 117 cm³/mol. The molecule has 0 saturated carbocycles. The number of carbonyl (C=O) groups excluding carboxylic acids is 2.